The number of phenolic OH excluding ortho intramolecular Hbond substituents is 1. The summed E-state index contributed by atoms with van der Waals surface area (Å²) in [6.45, 7) is 4.38. The van der Waals surface area contributed by atoms with Crippen LogP contribution in [0.5, 0.6) is 17.2 Å². The first kappa shape index (κ1) is 21.0. The summed E-state index contributed by atoms with van der Waals surface area (Å²) in [5, 5.41) is 12.9. The monoisotopic (exact) mass is 415 g/mol. The summed E-state index contributed by atoms with van der Waals surface area (Å²) < 4.78 is 11.5. The molecule has 1 aliphatic heterocycles. The van der Waals surface area contributed by atoms with Gasteiger partial charge in [0.1, 0.15) is 23.9 Å². The second kappa shape index (κ2) is 9.71. The molecule has 0 amide bonds. The maximum absolute atomic E-state index is 9.82. The first-order valence-corrected chi connectivity index (χ1v) is 10.9. The normalized spacial score (nSPS) is 13.4. The predicted molar refractivity (Wildman–Crippen MR) is 126 cm³/mol. The lowest BCUT2D eigenvalue weighted by Gasteiger charge is -2.17. The number of hydrogen-bond donors (Lipinski definition) is 2. The maximum Gasteiger partial charge on any atom is 0.122 e. The molecule has 2 N–H and O–H groups in total. The third kappa shape index (κ3) is 4.75. The molecule has 4 heteroatoms. The van der Waals surface area contributed by atoms with Gasteiger partial charge in [0, 0.05) is 13.0 Å². The standard InChI is InChI=1S/C27H29NO3/c1-3-25(21-8-13-26-22(18-21)14-16-31-26)27(19-4-9-23(29)10-5-19)20-6-11-24(12-7-20)30-17-15-28-2/h4-13,18,28-29H,3,14-17H2,1-2H3/b27-25-. The highest BCUT2D eigenvalue weighted by Crippen LogP contribution is 2.37. The van der Waals surface area contributed by atoms with E-state index >= 15 is 0 Å². The van der Waals surface area contributed by atoms with Gasteiger partial charge in [-0.2, -0.15) is 0 Å². The van der Waals surface area contributed by atoms with Crippen LogP contribution in [0.3, 0.4) is 0 Å². The lowest BCUT2D eigenvalue weighted by atomic mass is 9.87. The molecule has 31 heavy (non-hydrogen) atoms. The fraction of sp³-hybridized carbons (Fsp3) is 0.259. The summed E-state index contributed by atoms with van der Waals surface area (Å²) in [6, 6.07) is 22.2. The molecular weight excluding hydrogens is 386 g/mol. The van der Waals surface area contributed by atoms with E-state index in [9.17, 15) is 5.11 Å². The molecule has 4 rings (SSSR count). The molecule has 0 radical (unpaired) electrons. The first-order chi connectivity index (χ1) is 15.2. The number of likely N-dealkylation sites (N-methyl/N-ethyl adjacent to an activating group) is 1. The van der Waals surface area contributed by atoms with Crippen molar-refractivity contribution >= 4 is 11.1 Å². The fourth-order valence-corrected chi connectivity index (χ4v) is 4.03. The molecule has 0 unspecified atom stereocenters. The van der Waals surface area contributed by atoms with Crippen LogP contribution in [0.15, 0.2) is 66.7 Å². The highest BCUT2D eigenvalue weighted by Gasteiger charge is 2.17. The zero-order valence-corrected chi connectivity index (χ0v) is 18.2. The third-order valence-corrected chi connectivity index (χ3v) is 5.61. The van der Waals surface area contributed by atoms with Gasteiger partial charge in [-0.05, 0) is 83.3 Å². The highest BCUT2D eigenvalue weighted by atomic mass is 16.5. The van der Waals surface area contributed by atoms with Crippen molar-refractivity contribution in [3.63, 3.8) is 0 Å². The second-order valence-electron chi connectivity index (χ2n) is 7.65. The summed E-state index contributed by atoms with van der Waals surface area (Å²) in [4.78, 5) is 0. The van der Waals surface area contributed by atoms with Crippen molar-refractivity contribution in [2.24, 2.45) is 0 Å². The lowest BCUT2D eigenvalue weighted by Crippen LogP contribution is -2.15. The Hall–Kier alpha value is -3.24. The minimum Gasteiger partial charge on any atom is -0.508 e. The van der Waals surface area contributed by atoms with E-state index in [0.29, 0.717) is 6.61 Å². The van der Waals surface area contributed by atoms with E-state index in [2.05, 4.69) is 42.6 Å². The van der Waals surface area contributed by atoms with E-state index in [1.807, 2.05) is 31.3 Å². The highest BCUT2D eigenvalue weighted by molar-refractivity contribution is 5.98. The minimum atomic E-state index is 0.268. The molecule has 160 valence electrons. The Labute approximate surface area is 184 Å². The average molecular weight is 416 g/mol. The smallest absolute Gasteiger partial charge is 0.122 e. The number of ether oxygens (including phenoxy) is 2. The fourth-order valence-electron chi connectivity index (χ4n) is 4.03. The molecule has 3 aromatic rings. The van der Waals surface area contributed by atoms with Gasteiger partial charge < -0.3 is 19.9 Å². The van der Waals surface area contributed by atoms with Crippen molar-refractivity contribution in [1.82, 2.24) is 5.32 Å². The largest absolute Gasteiger partial charge is 0.508 e. The zero-order chi connectivity index (χ0) is 21.6. The molecule has 3 aromatic carbocycles. The van der Waals surface area contributed by atoms with Crippen LogP contribution in [0, 0.1) is 0 Å². The van der Waals surface area contributed by atoms with Gasteiger partial charge in [0.15, 0.2) is 0 Å². The summed E-state index contributed by atoms with van der Waals surface area (Å²) >= 11 is 0. The van der Waals surface area contributed by atoms with Gasteiger partial charge in [0.05, 0.1) is 6.61 Å². The Morgan fingerprint density at radius 3 is 2.32 bits per heavy atom. The Kier molecular flexibility index (Phi) is 6.58. The Morgan fingerprint density at radius 2 is 1.65 bits per heavy atom. The Morgan fingerprint density at radius 1 is 0.968 bits per heavy atom. The Bertz CT molecular complexity index is 1050. The predicted octanol–water partition coefficient (Wildman–Crippen LogP) is 5.29. The van der Waals surface area contributed by atoms with Crippen LogP contribution >= 0.6 is 0 Å². The number of fused-ring (bicyclic) bond motifs is 1. The van der Waals surface area contributed by atoms with E-state index in [4.69, 9.17) is 9.47 Å². The molecule has 0 spiro atoms. The van der Waals surface area contributed by atoms with Crippen LogP contribution < -0.4 is 14.8 Å². The molecule has 1 aliphatic rings. The maximum atomic E-state index is 9.82. The molecule has 0 saturated carbocycles. The number of phenols is 1. The molecular formula is C27H29NO3. The van der Waals surface area contributed by atoms with Gasteiger partial charge in [-0.3, -0.25) is 0 Å². The van der Waals surface area contributed by atoms with Crippen molar-refractivity contribution in [1.29, 1.82) is 0 Å². The summed E-state index contributed by atoms with van der Waals surface area (Å²) in [7, 11) is 1.92. The molecule has 0 bridgehead atoms. The van der Waals surface area contributed by atoms with E-state index in [0.717, 1.165) is 48.6 Å². The molecule has 0 atom stereocenters. The topological polar surface area (TPSA) is 50.7 Å². The van der Waals surface area contributed by atoms with Crippen LogP contribution in [-0.4, -0.2) is 31.9 Å². The number of hydrogen-bond acceptors (Lipinski definition) is 4. The zero-order valence-electron chi connectivity index (χ0n) is 18.2. The SMILES string of the molecule is CC/C(=C(\c1ccc(O)cc1)c1ccc(OCCNC)cc1)c1ccc2c(c1)CCO2. The van der Waals surface area contributed by atoms with Crippen LogP contribution in [0.25, 0.3) is 11.1 Å². The molecule has 0 aromatic heterocycles. The molecule has 4 nitrogen and oxygen atoms in total. The Balaban J connectivity index is 1.79. The van der Waals surface area contributed by atoms with E-state index in [1.165, 1.54) is 22.3 Å². The summed E-state index contributed by atoms with van der Waals surface area (Å²) in [6.07, 6.45) is 1.84. The number of nitrogens with one attached hydrogen (secondary N) is 1. The summed E-state index contributed by atoms with van der Waals surface area (Å²) in [5.41, 5.74) is 7.12. The van der Waals surface area contributed by atoms with Gasteiger partial charge in [0.25, 0.3) is 0 Å². The van der Waals surface area contributed by atoms with Crippen LogP contribution in [0.4, 0.5) is 0 Å². The van der Waals surface area contributed by atoms with Gasteiger partial charge in [-0.25, -0.2) is 0 Å². The van der Waals surface area contributed by atoms with Gasteiger partial charge in [-0.1, -0.05) is 37.3 Å². The van der Waals surface area contributed by atoms with Crippen LogP contribution in [0.1, 0.15) is 35.6 Å². The van der Waals surface area contributed by atoms with Crippen molar-refractivity contribution in [3.05, 3.63) is 89.0 Å². The summed E-state index contributed by atoms with van der Waals surface area (Å²) in [5.74, 6) is 2.12. The second-order valence-corrected chi connectivity index (χ2v) is 7.65. The lowest BCUT2D eigenvalue weighted by molar-refractivity contribution is 0.318. The van der Waals surface area contributed by atoms with Gasteiger partial charge in [-0.15, -0.1) is 0 Å². The molecule has 1 heterocycles. The van der Waals surface area contributed by atoms with Crippen LogP contribution in [-0.2, 0) is 6.42 Å². The minimum absolute atomic E-state index is 0.268. The quantitative estimate of drug-likeness (QED) is 0.387. The van der Waals surface area contributed by atoms with Crippen molar-refractivity contribution in [3.8, 4) is 17.2 Å². The van der Waals surface area contributed by atoms with Crippen molar-refractivity contribution in [2.45, 2.75) is 19.8 Å². The number of rotatable bonds is 8. The average Bonchev–Trinajstić information content (AvgIpc) is 3.27. The molecule has 0 aliphatic carbocycles. The molecule has 0 fully saturated rings. The van der Waals surface area contributed by atoms with E-state index < -0.39 is 0 Å². The van der Waals surface area contributed by atoms with Gasteiger partial charge >= 0.3 is 0 Å². The number of aromatic hydroxyl groups is 1. The van der Waals surface area contributed by atoms with Crippen molar-refractivity contribution in [2.75, 3.05) is 26.8 Å². The molecule has 0 saturated heterocycles. The number of allylic oxidation sites excluding steroid dienone is 1. The third-order valence-electron chi connectivity index (χ3n) is 5.61. The number of benzene rings is 3. The van der Waals surface area contributed by atoms with Gasteiger partial charge in [0.2, 0.25) is 0 Å². The first-order valence-electron chi connectivity index (χ1n) is 10.9. The van der Waals surface area contributed by atoms with E-state index in [-0.39, 0.29) is 5.75 Å². The van der Waals surface area contributed by atoms with Crippen LogP contribution in [0.2, 0.25) is 0 Å². The van der Waals surface area contributed by atoms with E-state index in [1.54, 1.807) is 12.1 Å². The van der Waals surface area contributed by atoms with Crippen molar-refractivity contribution < 1.29 is 14.6 Å².